The van der Waals surface area contributed by atoms with Gasteiger partial charge in [-0.2, -0.15) is 0 Å². The van der Waals surface area contributed by atoms with Crippen LogP contribution in [0, 0.1) is 0 Å². The second-order valence-corrected chi connectivity index (χ2v) is 6.45. The fourth-order valence-electron chi connectivity index (χ4n) is 3.03. The number of benzene rings is 1. The molecule has 27 heavy (non-hydrogen) atoms. The molecule has 1 N–H and O–H groups in total. The molecule has 0 atom stereocenters. The number of pyridine rings is 1. The largest absolute Gasteiger partial charge is 0.339 e. The normalized spacial score (nSPS) is 14.6. The molecular weight excluding hydrogens is 338 g/mol. The lowest BCUT2D eigenvalue weighted by Crippen LogP contribution is -2.30. The van der Waals surface area contributed by atoms with E-state index in [1.54, 1.807) is 24.4 Å². The Morgan fingerprint density at radius 2 is 1.93 bits per heavy atom. The molecule has 0 radical (unpaired) electrons. The highest BCUT2D eigenvalue weighted by molar-refractivity contribution is 5.92. The first-order chi connectivity index (χ1) is 13.1. The van der Waals surface area contributed by atoms with Gasteiger partial charge in [0.2, 0.25) is 11.8 Å². The minimum absolute atomic E-state index is 0.00338. The van der Waals surface area contributed by atoms with E-state index in [9.17, 15) is 9.59 Å². The first-order valence-corrected chi connectivity index (χ1v) is 9.07. The molecule has 138 valence electrons. The molecule has 1 aliphatic rings. The zero-order valence-electron chi connectivity index (χ0n) is 15.4. The van der Waals surface area contributed by atoms with E-state index in [1.807, 2.05) is 29.2 Å². The number of carbonyl (C=O) groups excluding carboxylic acids is 2. The Bertz CT molecular complexity index is 855. The molecule has 3 rings (SSSR count). The number of rotatable bonds is 4. The second-order valence-electron chi connectivity index (χ2n) is 6.45. The molecular formula is C22H23N3O2. The first kappa shape index (κ1) is 18.6. The summed E-state index contributed by atoms with van der Waals surface area (Å²) < 4.78 is 0. The molecule has 2 heterocycles. The predicted molar refractivity (Wildman–Crippen MR) is 108 cm³/mol. The molecule has 0 spiro atoms. The highest BCUT2D eigenvalue weighted by atomic mass is 16.2. The number of carbonyl (C=O) groups is 2. The van der Waals surface area contributed by atoms with Gasteiger partial charge in [-0.15, -0.1) is 0 Å². The molecule has 1 aromatic heterocycles. The van der Waals surface area contributed by atoms with Crippen LogP contribution in [0.5, 0.6) is 0 Å². The number of anilines is 1. The van der Waals surface area contributed by atoms with Gasteiger partial charge in [-0.05, 0) is 47.8 Å². The zero-order chi connectivity index (χ0) is 19.1. The Kier molecular flexibility index (Phi) is 6.15. The van der Waals surface area contributed by atoms with E-state index >= 15 is 0 Å². The summed E-state index contributed by atoms with van der Waals surface area (Å²) in [6.07, 6.45) is 8.92. The van der Waals surface area contributed by atoms with Crippen molar-refractivity contribution in [3.63, 3.8) is 0 Å². The smallest absolute Gasteiger partial charge is 0.246 e. The highest BCUT2D eigenvalue weighted by Gasteiger charge is 2.14. The second kappa shape index (κ2) is 8.94. The van der Waals surface area contributed by atoms with Crippen LogP contribution in [0.4, 0.5) is 5.82 Å². The highest BCUT2D eigenvalue weighted by Crippen LogP contribution is 2.22. The van der Waals surface area contributed by atoms with Gasteiger partial charge in [-0.3, -0.25) is 9.59 Å². The van der Waals surface area contributed by atoms with Crippen LogP contribution in [-0.2, 0) is 9.59 Å². The standard InChI is InChI=1S/C22H23N3O2/c1-17(26)24-21-11-9-18(16-23-21)10-12-22(27)25-14-5-8-20(13-15-25)19-6-3-2-4-7-19/h2-4,6-12,16H,5,13-15H2,1H3,(H,23,24,26). The minimum atomic E-state index is -0.161. The van der Waals surface area contributed by atoms with Gasteiger partial charge in [0.15, 0.2) is 0 Å². The number of aromatic nitrogens is 1. The summed E-state index contributed by atoms with van der Waals surface area (Å²) >= 11 is 0. The molecule has 5 nitrogen and oxygen atoms in total. The van der Waals surface area contributed by atoms with E-state index in [0.29, 0.717) is 12.4 Å². The molecule has 1 aliphatic heterocycles. The number of nitrogens with zero attached hydrogens (tertiary/aromatic N) is 2. The fraction of sp³-hybridized carbons (Fsp3) is 0.227. The van der Waals surface area contributed by atoms with Crippen LogP contribution >= 0.6 is 0 Å². The summed E-state index contributed by atoms with van der Waals surface area (Å²) in [7, 11) is 0. The minimum Gasteiger partial charge on any atom is -0.339 e. The van der Waals surface area contributed by atoms with Crippen molar-refractivity contribution in [1.29, 1.82) is 0 Å². The lowest BCUT2D eigenvalue weighted by atomic mass is 10.0. The Hall–Kier alpha value is -3.21. The van der Waals surface area contributed by atoms with Crippen molar-refractivity contribution in [3.8, 4) is 0 Å². The van der Waals surface area contributed by atoms with Gasteiger partial charge in [0.1, 0.15) is 5.82 Å². The van der Waals surface area contributed by atoms with E-state index in [0.717, 1.165) is 24.9 Å². The summed E-state index contributed by atoms with van der Waals surface area (Å²) in [5, 5.41) is 2.62. The van der Waals surface area contributed by atoms with Gasteiger partial charge in [-0.1, -0.05) is 36.4 Å². The number of amides is 2. The Balaban J connectivity index is 1.57. The third kappa shape index (κ3) is 5.38. The number of hydrogen-bond donors (Lipinski definition) is 1. The summed E-state index contributed by atoms with van der Waals surface area (Å²) in [6.45, 7) is 2.87. The topological polar surface area (TPSA) is 62.3 Å². The molecule has 0 unspecified atom stereocenters. The molecule has 1 aromatic carbocycles. The zero-order valence-corrected chi connectivity index (χ0v) is 15.4. The summed E-state index contributed by atoms with van der Waals surface area (Å²) in [6, 6.07) is 13.9. The van der Waals surface area contributed by atoms with Crippen molar-refractivity contribution in [2.45, 2.75) is 19.8 Å². The van der Waals surface area contributed by atoms with Crippen LogP contribution in [0.15, 0.2) is 60.8 Å². The van der Waals surface area contributed by atoms with Crippen LogP contribution in [0.3, 0.4) is 0 Å². The number of nitrogens with one attached hydrogen (secondary N) is 1. The summed E-state index contributed by atoms with van der Waals surface area (Å²) in [5.74, 6) is 0.340. The van der Waals surface area contributed by atoms with Gasteiger partial charge < -0.3 is 10.2 Å². The van der Waals surface area contributed by atoms with E-state index < -0.39 is 0 Å². The monoisotopic (exact) mass is 361 g/mol. The third-order valence-electron chi connectivity index (χ3n) is 4.41. The Morgan fingerprint density at radius 3 is 2.63 bits per heavy atom. The van der Waals surface area contributed by atoms with Gasteiger partial charge >= 0.3 is 0 Å². The fourth-order valence-corrected chi connectivity index (χ4v) is 3.03. The predicted octanol–water partition coefficient (Wildman–Crippen LogP) is 3.76. The Morgan fingerprint density at radius 1 is 1.11 bits per heavy atom. The summed E-state index contributed by atoms with van der Waals surface area (Å²) in [4.78, 5) is 29.6. The van der Waals surface area contributed by atoms with Gasteiger partial charge in [-0.25, -0.2) is 4.98 Å². The van der Waals surface area contributed by atoms with Crippen molar-refractivity contribution in [1.82, 2.24) is 9.88 Å². The van der Waals surface area contributed by atoms with Gasteiger partial charge in [0.05, 0.1) is 0 Å². The molecule has 0 fully saturated rings. The molecule has 5 heteroatoms. The number of hydrogen-bond acceptors (Lipinski definition) is 3. The van der Waals surface area contributed by atoms with E-state index in [4.69, 9.17) is 0 Å². The lowest BCUT2D eigenvalue weighted by Gasteiger charge is -2.18. The van der Waals surface area contributed by atoms with Crippen LogP contribution < -0.4 is 5.32 Å². The maximum Gasteiger partial charge on any atom is 0.246 e. The van der Waals surface area contributed by atoms with Crippen molar-refractivity contribution in [2.24, 2.45) is 0 Å². The first-order valence-electron chi connectivity index (χ1n) is 9.07. The van der Waals surface area contributed by atoms with Crippen LogP contribution in [0.25, 0.3) is 11.6 Å². The molecule has 2 aromatic rings. The van der Waals surface area contributed by atoms with E-state index in [1.165, 1.54) is 18.1 Å². The van der Waals surface area contributed by atoms with Crippen LogP contribution in [0.2, 0.25) is 0 Å². The third-order valence-corrected chi connectivity index (χ3v) is 4.41. The molecule has 0 aliphatic carbocycles. The van der Waals surface area contributed by atoms with Crippen molar-refractivity contribution < 1.29 is 9.59 Å². The van der Waals surface area contributed by atoms with Gasteiger partial charge in [0.25, 0.3) is 0 Å². The Labute approximate surface area is 159 Å². The van der Waals surface area contributed by atoms with Crippen molar-refractivity contribution in [2.75, 3.05) is 18.4 Å². The molecule has 0 bridgehead atoms. The molecule has 2 amide bonds. The average Bonchev–Trinajstić information content (AvgIpc) is 2.94. The quantitative estimate of drug-likeness (QED) is 0.844. The van der Waals surface area contributed by atoms with E-state index in [2.05, 4.69) is 28.5 Å². The average molecular weight is 361 g/mol. The van der Waals surface area contributed by atoms with Crippen molar-refractivity contribution >= 4 is 29.3 Å². The van der Waals surface area contributed by atoms with Crippen molar-refractivity contribution in [3.05, 3.63) is 71.9 Å². The van der Waals surface area contributed by atoms with E-state index in [-0.39, 0.29) is 11.8 Å². The maximum absolute atomic E-state index is 12.5. The molecule has 0 saturated carbocycles. The van der Waals surface area contributed by atoms with Crippen LogP contribution in [0.1, 0.15) is 30.9 Å². The lowest BCUT2D eigenvalue weighted by molar-refractivity contribution is -0.125. The SMILES string of the molecule is CC(=O)Nc1ccc(C=CC(=O)N2CCC=C(c3ccccc3)CC2)cn1. The summed E-state index contributed by atoms with van der Waals surface area (Å²) in [5.41, 5.74) is 3.34. The van der Waals surface area contributed by atoms with Crippen LogP contribution in [-0.4, -0.2) is 34.8 Å². The van der Waals surface area contributed by atoms with Gasteiger partial charge in [0, 0.05) is 32.3 Å². The molecule has 0 saturated heterocycles. The maximum atomic E-state index is 12.5.